The number of hydrogen-bond donors (Lipinski definition) is 3. The van der Waals surface area contributed by atoms with Crippen LogP contribution < -0.4 is 16.8 Å². The van der Waals surface area contributed by atoms with E-state index < -0.39 is 88.5 Å². The predicted octanol–water partition coefficient (Wildman–Crippen LogP) is 3.43. The number of halogens is 1. The van der Waals surface area contributed by atoms with E-state index >= 15 is 0 Å². The molecule has 0 aliphatic heterocycles. The van der Waals surface area contributed by atoms with E-state index in [1.165, 1.54) is 6.92 Å². The molecular formula is C20H41ClN4O3. The van der Waals surface area contributed by atoms with Gasteiger partial charge in [0.15, 0.2) is 5.96 Å². The summed E-state index contributed by atoms with van der Waals surface area (Å²) >= 11 is 0. The minimum absolute atomic E-state index is 0. The Kier molecular flexibility index (Phi) is 5.52. The molecule has 0 saturated heterocycles. The molecule has 0 aromatic carbocycles. The summed E-state index contributed by atoms with van der Waals surface area (Å²) in [6.45, 7) is -3.03. The maximum Gasteiger partial charge on any atom is 0.328 e. The summed E-state index contributed by atoms with van der Waals surface area (Å²) in [5.74, 6) is -3.63. The fourth-order valence-corrected chi connectivity index (χ4v) is 1.50. The van der Waals surface area contributed by atoms with Crippen molar-refractivity contribution in [2.75, 3.05) is 13.2 Å². The van der Waals surface area contributed by atoms with Gasteiger partial charge in [-0.3, -0.25) is 9.79 Å². The first-order valence-corrected chi connectivity index (χ1v) is 7.71. The maximum absolute atomic E-state index is 13.1. The first-order valence-electron chi connectivity index (χ1n) is 19.2. The highest BCUT2D eigenvalue weighted by Gasteiger charge is 2.21. The quantitative estimate of drug-likeness (QED) is 0.137. The van der Waals surface area contributed by atoms with Crippen molar-refractivity contribution >= 4 is 30.2 Å². The average Bonchev–Trinajstić information content (AvgIpc) is 2.92. The van der Waals surface area contributed by atoms with Crippen LogP contribution in [0.3, 0.4) is 0 Å². The fraction of sp³-hybridized carbons (Fsp3) is 0.850. The molecule has 5 N–H and O–H groups in total. The zero-order chi connectivity index (χ0) is 40.8. The van der Waals surface area contributed by atoms with Crippen molar-refractivity contribution < 1.29 is 45.9 Å². The Bertz CT molecular complexity index is 1270. The molecule has 1 atom stereocenters. The molecule has 1 amide bonds. The number of hydrogen-bond acceptors (Lipinski definition) is 4. The highest BCUT2D eigenvalue weighted by Crippen LogP contribution is 2.11. The lowest BCUT2D eigenvalue weighted by molar-refractivity contribution is -0.147. The number of nitrogens with two attached hydrogens (primary N) is 2. The van der Waals surface area contributed by atoms with E-state index in [9.17, 15) is 9.59 Å². The van der Waals surface area contributed by atoms with E-state index in [1.807, 2.05) is 0 Å². The third kappa shape index (κ3) is 17.9. The second-order valence-corrected chi connectivity index (χ2v) is 4.48. The van der Waals surface area contributed by atoms with Crippen LogP contribution in [0, 0.1) is 0 Å². The van der Waals surface area contributed by atoms with Crippen LogP contribution in [0.15, 0.2) is 4.99 Å². The van der Waals surface area contributed by atoms with Gasteiger partial charge in [-0.05, 0) is 26.1 Å². The smallest absolute Gasteiger partial charge is 0.328 e. The molecule has 0 heterocycles. The summed E-state index contributed by atoms with van der Waals surface area (Å²) in [5, 5.41) is 1.79. The molecule has 0 aromatic rings. The van der Waals surface area contributed by atoms with Crippen molar-refractivity contribution in [3.63, 3.8) is 0 Å². The van der Waals surface area contributed by atoms with Gasteiger partial charge >= 0.3 is 5.97 Å². The molecule has 0 unspecified atom stereocenters. The number of amides is 1. The summed E-state index contributed by atoms with van der Waals surface area (Å²) in [6, 6.07) is -1.74. The number of guanidine groups is 1. The van der Waals surface area contributed by atoms with Crippen LogP contribution in [-0.4, -0.2) is 37.0 Å². The average molecular weight is 444 g/mol. The molecule has 28 heavy (non-hydrogen) atoms. The van der Waals surface area contributed by atoms with Crippen molar-refractivity contribution in [1.29, 1.82) is 0 Å². The number of ether oxygens (including phenoxy) is 1. The Morgan fingerprint density at radius 2 is 1.71 bits per heavy atom. The van der Waals surface area contributed by atoms with Crippen LogP contribution in [0.1, 0.15) is 122 Å². The SMILES string of the molecule is Cl.[2H]C([2H])([2H])C([2H])([2H])C([2H])([2H])C([2H])([2H])C([2H])([2H])C([2H])([2H])C([2H])([2H])C([2H])([2H])C([2H])([2H])C([2H])([2H])C([2H])([2H])C(=O)N[C@@H](CCCN=C(N)N)C(=O)OCC. The van der Waals surface area contributed by atoms with Crippen LogP contribution in [0.25, 0.3) is 0 Å². The Labute approximate surface area is 209 Å². The Hall–Kier alpha value is -1.50. The number of carbonyl (C=O) groups excluding carboxylic acids is 2. The van der Waals surface area contributed by atoms with E-state index in [0.717, 1.165) is 0 Å². The fourth-order valence-electron chi connectivity index (χ4n) is 1.50. The zero-order valence-corrected chi connectivity index (χ0v) is 16.0. The molecule has 7 nitrogen and oxygen atoms in total. The third-order valence-corrected chi connectivity index (χ3v) is 2.50. The van der Waals surface area contributed by atoms with Gasteiger partial charge in [0, 0.05) is 44.4 Å². The molecule has 0 aliphatic carbocycles. The highest BCUT2D eigenvalue weighted by molar-refractivity contribution is 5.85. The number of rotatable bonds is 17. The van der Waals surface area contributed by atoms with E-state index in [4.69, 9.17) is 47.7 Å². The van der Waals surface area contributed by atoms with Gasteiger partial charge in [-0.2, -0.15) is 0 Å². The lowest BCUT2D eigenvalue weighted by Gasteiger charge is -2.17. The van der Waals surface area contributed by atoms with Gasteiger partial charge in [-0.1, -0.05) is 57.8 Å². The summed E-state index contributed by atoms with van der Waals surface area (Å²) in [6.07, 6.45) is -46.9. The van der Waals surface area contributed by atoms with Crippen LogP contribution in [0.2, 0.25) is 0 Å². The van der Waals surface area contributed by atoms with Crippen molar-refractivity contribution in [2.45, 2.75) is 96.4 Å². The molecule has 0 rings (SSSR count). The van der Waals surface area contributed by atoms with Gasteiger partial charge in [-0.15, -0.1) is 12.4 Å². The molecule has 0 spiro atoms. The Morgan fingerprint density at radius 1 is 1.11 bits per heavy atom. The largest absolute Gasteiger partial charge is 0.464 e. The summed E-state index contributed by atoms with van der Waals surface area (Å²) in [4.78, 5) is 29.1. The molecule has 0 fully saturated rings. The van der Waals surface area contributed by atoms with Crippen molar-refractivity contribution in [3.05, 3.63) is 0 Å². The topological polar surface area (TPSA) is 120 Å². The predicted molar refractivity (Wildman–Crippen MR) is 118 cm³/mol. The van der Waals surface area contributed by atoms with Crippen molar-refractivity contribution in [2.24, 2.45) is 16.5 Å². The third-order valence-electron chi connectivity index (χ3n) is 2.50. The minimum Gasteiger partial charge on any atom is -0.464 e. The molecule has 0 aromatic heterocycles. The van der Waals surface area contributed by atoms with E-state index in [0.29, 0.717) is 0 Å². The monoisotopic (exact) mass is 443 g/mol. The minimum atomic E-state index is -4.87. The normalized spacial score (nSPS) is 29.0. The lowest BCUT2D eigenvalue weighted by atomic mass is 10.1. The molecule has 166 valence electrons. The first kappa shape index (κ1) is 7.64. The first-order chi connectivity index (χ1) is 21.7. The molecule has 0 radical (unpaired) electrons. The van der Waals surface area contributed by atoms with Crippen molar-refractivity contribution in [3.8, 4) is 0 Å². The molecule has 8 heteroatoms. The standard InChI is InChI=1S/C20H40N4O3.ClH/c1-3-5-6-7-8-9-10-11-12-15-18(25)24-17(19(26)27-4-2)14-13-16-23-20(21)22;/h17H,3-16H2,1-2H3,(H,24,25)(H4,21,22,23);1H/t17-;/m0./s1/i1D3,3D2,5D2,6D2,7D2,8D2,9D2,10D2,11D2,12D2,15D2;. The lowest BCUT2D eigenvalue weighted by Crippen LogP contribution is -2.42. The van der Waals surface area contributed by atoms with E-state index in [2.05, 4.69) is 4.99 Å². The highest BCUT2D eigenvalue weighted by atomic mass is 35.5. The van der Waals surface area contributed by atoms with Crippen LogP contribution in [0.5, 0.6) is 0 Å². The van der Waals surface area contributed by atoms with Gasteiger partial charge in [-0.25, -0.2) is 4.79 Å². The number of carbonyl (C=O) groups is 2. The summed E-state index contributed by atoms with van der Waals surface area (Å²) in [5.41, 5.74) is 10.4. The number of esters is 1. The van der Waals surface area contributed by atoms with Gasteiger partial charge in [0.2, 0.25) is 5.91 Å². The Morgan fingerprint density at radius 3 is 2.29 bits per heavy atom. The number of aliphatic imine (C=N–C) groups is 1. The second kappa shape index (κ2) is 20.2. The van der Waals surface area contributed by atoms with Crippen LogP contribution in [-0.2, 0) is 14.3 Å². The van der Waals surface area contributed by atoms with Crippen molar-refractivity contribution in [1.82, 2.24) is 5.32 Å². The second-order valence-electron chi connectivity index (χ2n) is 4.48. The molecular weight excluding hydrogens is 380 g/mol. The zero-order valence-electron chi connectivity index (χ0n) is 38.1. The Balaban J connectivity index is 0. The maximum atomic E-state index is 13.1. The van der Waals surface area contributed by atoms with Gasteiger partial charge in [0.1, 0.15) is 6.04 Å². The molecule has 0 bridgehead atoms. The molecule has 0 saturated carbocycles. The van der Waals surface area contributed by atoms with Gasteiger partial charge in [0.25, 0.3) is 0 Å². The van der Waals surface area contributed by atoms with Crippen LogP contribution in [0.4, 0.5) is 0 Å². The van der Waals surface area contributed by atoms with Crippen LogP contribution >= 0.6 is 12.4 Å². The van der Waals surface area contributed by atoms with Gasteiger partial charge < -0.3 is 21.5 Å². The summed E-state index contributed by atoms with van der Waals surface area (Å²) < 4.78 is 188. The van der Waals surface area contributed by atoms with Gasteiger partial charge in [0.05, 0.1) is 6.61 Å². The molecule has 0 aliphatic rings. The summed E-state index contributed by atoms with van der Waals surface area (Å²) in [7, 11) is 0. The van der Waals surface area contributed by atoms with E-state index in [-0.39, 0.29) is 44.4 Å². The number of nitrogens with one attached hydrogen (secondary N) is 1. The number of nitrogens with zero attached hydrogens (tertiary/aromatic N) is 1. The van der Waals surface area contributed by atoms with E-state index in [1.54, 1.807) is 5.32 Å².